The van der Waals surface area contributed by atoms with Crippen molar-refractivity contribution in [2.45, 2.75) is 31.9 Å². The van der Waals surface area contributed by atoms with Crippen LogP contribution in [0.3, 0.4) is 0 Å². The standard InChI is InChI=1S/C18H17Cl2F3N2O3S/c1-3-16(24-28-11(2)12-4-6-13(19)7-5-12)15-10-14(20)8-9-17(15)25-29(26,27)18(21,22)23/h4-11,25H,3H2,1-2H3. The average molecular weight is 469 g/mol. The molecule has 0 aliphatic carbocycles. The quantitative estimate of drug-likeness (QED) is 0.391. The molecule has 29 heavy (non-hydrogen) atoms. The van der Waals surface area contributed by atoms with Crippen LogP contribution in [0.25, 0.3) is 0 Å². The largest absolute Gasteiger partial charge is 0.516 e. The normalized spacial score (nSPS) is 13.8. The lowest BCUT2D eigenvalue weighted by Gasteiger charge is -2.16. The van der Waals surface area contributed by atoms with E-state index in [-0.39, 0.29) is 28.4 Å². The average Bonchev–Trinajstić information content (AvgIpc) is 2.63. The molecule has 1 unspecified atom stereocenters. The SMILES string of the molecule is CCC(=NOC(C)c1ccc(Cl)cc1)c1cc(Cl)ccc1NS(=O)(=O)C(F)(F)F. The van der Waals surface area contributed by atoms with Crippen LogP contribution in [-0.2, 0) is 14.9 Å². The predicted octanol–water partition coefficient (Wildman–Crippen LogP) is 6.15. The molecule has 0 heterocycles. The van der Waals surface area contributed by atoms with Gasteiger partial charge in [0, 0.05) is 15.6 Å². The number of hydrogen-bond donors (Lipinski definition) is 1. The maximum Gasteiger partial charge on any atom is 0.516 e. The second-order valence-electron chi connectivity index (χ2n) is 5.93. The van der Waals surface area contributed by atoms with E-state index in [9.17, 15) is 21.6 Å². The molecule has 11 heteroatoms. The molecule has 0 aromatic heterocycles. The summed E-state index contributed by atoms with van der Waals surface area (Å²) in [6.07, 6.45) is -0.239. The fourth-order valence-electron chi connectivity index (χ4n) is 2.29. The minimum absolute atomic E-state index is 0.0798. The summed E-state index contributed by atoms with van der Waals surface area (Å²) in [6, 6.07) is 10.6. The van der Waals surface area contributed by atoms with E-state index in [2.05, 4.69) is 5.16 Å². The van der Waals surface area contributed by atoms with Crippen molar-refractivity contribution in [1.82, 2.24) is 0 Å². The van der Waals surface area contributed by atoms with Crippen LogP contribution < -0.4 is 4.72 Å². The molecular weight excluding hydrogens is 452 g/mol. The van der Waals surface area contributed by atoms with E-state index in [4.69, 9.17) is 28.0 Å². The zero-order valence-electron chi connectivity index (χ0n) is 15.3. The third kappa shape index (κ3) is 6.01. The molecule has 2 rings (SSSR count). The lowest BCUT2D eigenvalue weighted by Crippen LogP contribution is -2.30. The zero-order chi connectivity index (χ0) is 21.8. The predicted molar refractivity (Wildman–Crippen MR) is 108 cm³/mol. The van der Waals surface area contributed by atoms with Gasteiger partial charge in [0.05, 0.1) is 11.4 Å². The van der Waals surface area contributed by atoms with E-state index >= 15 is 0 Å². The van der Waals surface area contributed by atoms with Crippen LogP contribution in [0.4, 0.5) is 18.9 Å². The van der Waals surface area contributed by atoms with Crippen molar-refractivity contribution in [1.29, 1.82) is 0 Å². The Hall–Kier alpha value is -1.97. The van der Waals surface area contributed by atoms with Crippen molar-refractivity contribution in [2.75, 3.05) is 4.72 Å². The number of hydrogen-bond acceptors (Lipinski definition) is 4. The lowest BCUT2D eigenvalue weighted by molar-refractivity contribution is -0.0429. The Morgan fingerprint density at radius 1 is 1.14 bits per heavy atom. The molecule has 1 N–H and O–H groups in total. The van der Waals surface area contributed by atoms with Crippen LogP contribution in [0.2, 0.25) is 10.0 Å². The number of rotatable bonds is 7. The fraction of sp³-hybridized carbons (Fsp3) is 0.278. The van der Waals surface area contributed by atoms with Crippen molar-refractivity contribution in [3.8, 4) is 0 Å². The Balaban J connectivity index is 2.35. The Morgan fingerprint density at radius 3 is 2.28 bits per heavy atom. The van der Waals surface area contributed by atoms with Gasteiger partial charge in [-0.1, -0.05) is 47.4 Å². The highest BCUT2D eigenvalue weighted by atomic mass is 35.5. The van der Waals surface area contributed by atoms with Crippen LogP contribution in [-0.4, -0.2) is 19.6 Å². The molecule has 0 fully saturated rings. The third-order valence-corrected chi connectivity index (χ3v) is 5.42. The zero-order valence-corrected chi connectivity index (χ0v) is 17.6. The molecule has 2 aromatic rings. The molecule has 0 radical (unpaired) electrons. The summed E-state index contributed by atoms with van der Waals surface area (Å²) in [7, 11) is -5.61. The monoisotopic (exact) mass is 468 g/mol. The fourth-order valence-corrected chi connectivity index (χ4v) is 3.17. The number of alkyl halides is 3. The van der Waals surface area contributed by atoms with Gasteiger partial charge in [-0.3, -0.25) is 4.72 Å². The second kappa shape index (κ2) is 9.23. The van der Waals surface area contributed by atoms with Gasteiger partial charge >= 0.3 is 15.5 Å². The maximum atomic E-state index is 12.7. The molecule has 0 spiro atoms. The number of anilines is 1. The van der Waals surface area contributed by atoms with Crippen LogP contribution in [0.5, 0.6) is 0 Å². The number of halogens is 5. The molecule has 1 atom stereocenters. The molecule has 2 aromatic carbocycles. The number of sulfonamides is 1. The number of nitrogens with zero attached hydrogens (tertiary/aromatic N) is 1. The van der Waals surface area contributed by atoms with Gasteiger partial charge in [0.2, 0.25) is 0 Å². The van der Waals surface area contributed by atoms with Crippen molar-refractivity contribution < 1.29 is 26.4 Å². The molecular formula is C18H17Cl2F3N2O3S. The number of nitrogens with one attached hydrogen (secondary N) is 1. The second-order valence-corrected chi connectivity index (χ2v) is 8.48. The molecule has 5 nitrogen and oxygen atoms in total. The molecule has 158 valence electrons. The highest BCUT2D eigenvalue weighted by Crippen LogP contribution is 2.30. The van der Waals surface area contributed by atoms with Crippen LogP contribution in [0, 0.1) is 0 Å². The van der Waals surface area contributed by atoms with Crippen LogP contribution >= 0.6 is 23.2 Å². The molecule has 0 saturated heterocycles. The molecule has 0 bridgehead atoms. The van der Waals surface area contributed by atoms with Gasteiger partial charge < -0.3 is 4.84 Å². The van der Waals surface area contributed by atoms with E-state index in [1.54, 1.807) is 38.1 Å². The first kappa shape index (κ1) is 23.3. The van der Waals surface area contributed by atoms with Gasteiger partial charge in [-0.2, -0.15) is 21.6 Å². The van der Waals surface area contributed by atoms with Crippen LogP contribution in [0.15, 0.2) is 47.6 Å². The maximum absolute atomic E-state index is 12.7. The highest BCUT2D eigenvalue weighted by Gasteiger charge is 2.46. The molecule has 0 aliphatic heterocycles. The van der Waals surface area contributed by atoms with Gasteiger partial charge in [-0.05, 0) is 49.2 Å². The lowest BCUT2D eigenvalue weighted by atomic mass is 10.1. The summed E-state index contributed by atoms with van der Waals surface area (Å²) < 4.78 is 62.8. The first-order valence-electron chi connectivity index (χ1n) is 8.31. The molecule has 0 amide bonds. The highest BCUT2D eigenvalue weighted by molar-refractivity contribution is 7.93. The Labute approximate surface area is 176 Å². The number of benzene rings is 2. The van der Waals surface area contributed by atoms with Crippen molar-refractivity contribution >= 4 is 44.6 Å². The molecule has 0 saturated carbocycles. The Kier molecular flexibility index (Phi) is 7.42. The van der Waals surface area contributed by atoms with E-state index in [0.29, 0.717) is 5.02 Å². The first-order chi connectivity index (χ1) is 13.4. The minimum atomic E-state index is -5.61. The van der Waals surface area contributed by atoms with Crippen molar-refractivity contribution in [2.24, 2.45) is 5.16 Å². The number of oxime groups is 1. The Morgan fingerprint density at radius 2 is 1.72 bits per heavy atom. The van der Waals surface area contributed by atoms with Gasteiger partial charge in [0.1, 0.15) is 6.10 Å². The first-order valence-corrected chi connectivity index (χ1v) is 10.6. The topological polar surface area (TPSA) is 67.8 Å². The van der Waals surface area contributed by atoms with Gasteiger partial charge in [0.25, 0.3) is 0 Å². The van der Waals surface area contributed by atoms with Gasteiger partial charge in [0.15, 0.2) is 0 Å². The van der Waals surface area contributed by atoms with Crippen molar-refractivity contribution in [3.05, 3.63) is 63.6 Å². The summed E-state index contributed by atoms with van der Waals surface area (Å²) in [4.78, 5) is 5.47. The van der Waals surface area contributed by atoms with Gasteiger partial charge in [-0.15, -0.1) is 0 Å². The van der Waals surface area contributed by atoms with Crippen molar-refractivity contribution in [3.63, 3.8) is 0 Å². The van der Waals surface area contributed by atoms with E-state index in [1.807, 2.05) is 0 Å². The molecule has 0 aliphatic rings. The summed E-state index contributed by atoms with van der Waals surface area (Å²) in [5, 5.41) is 4.77. The Bertz CT molecular complexity index is 994. The summed E-state index contributed by atoms with van der Waals surface area (Å²) in [5.74, 6) is 0. The van der Waals surface area contributed by atoms with Gasteiger partial charge in [-0.25, -0.2) is 0 Å². The smallest absolute Gasteiger partial charge is 0.388 e. The van der Waals surface area contributed by atoms with E-state index < -0.39 is 21.6 Å². The van der Waals surface area contributed by atoms with E-state index in [0.717, 1.165) is 11.6 Å². The third-order valence-electron chi connectivity index (χ3n) is 3.84. The summed E-state index contributed by atoms with van der Waals surface area (Å²) >= 11 is 11.8. The summed E-state index contributed by atoms with van der Waals surface area (Å²) in [6.45, 7) is 3.42. The summed E-state index contributed by atoms with van der Waals surface area (Å²) in [5.41, 5.74) is -4.70. The van der Waals surface area contributed by atoms with Crippen LogP contribution in [0.1, 0.15) is 37.5 Å². The minimum Gasteiger partial charge on any atom is -0.388 e. The van der Waals surface area contributed by atoms with E-state index in [1.165, 1.54) is 16.9 Å².